The van der Waals surface area contributed by atoms with Gasteiger partial charge in [0, 0.05) is 24.5 Å². The molecule has 0 aliphatic carbocycles. The van der Waals surface area contributed by atoms with Crippen molar-refractivity contribution in [1.29, 1.82) is 0 Å². The number of thiazole rings is 1. The minimum atomic E-state index is -3.56. The maximum atomic E-state index is 12.8. The number of benzene rings is 2. The number of ether oxygens (including phenoxy) is 1. The van der Waals surface area contributed by atoms with Gasteiger partial charge < -0.3 is 15.4 Å². The number of nitrogens with one attached hydrogen (secondary N) is 2. The molecule has 0 spiro atoms. The fourth-order valence-corrected chi connectivity index (χ4v) is 4.55. The topological polar surface area (TPSA) is 101 Å². The lowest BCUT2D eigenvalue weighted by molar-refractivity contribution is -0.116. The predicted molar refractivity (Wildman–Crippen MR) is 129 cm³/mol. The standard InChI is InChI=1S/C22H26N4O4S2/c1-23-22-25-19(15-31-22)17-9-10-20(30-2)18(13-17)24-21(27)14-26(32(3,28)29)12-11-16-7-5-4-6-8-16/h4-10,13,15H,11-12,14H2,1-3H3,(H,23,25)(H,24,27). The number of carbonyl (C=O) groups is 1. The van der Waals surface area contributed by atoms with E-state index in [2.05, 4.69) is 15.6 Å². The summed E-state index contributed by atoms with van der Waals surface area (Å²) < 4.78 is 31.0. The van der Waals surface area contributed by atoms with Gasteiger partial charge in [0.2, 0.25) is 15.9 Å². The van der Waals surface area contributed by atoms with Gasteiger partial charge in [0.1, 0.15) is 5.75 Å². The second-order valence-corrected chi connectivity index (χ2v) is 9.92. The first-order chi connectivity index (χ1) is 15.3. The summed E-state index contributed by atoms with van der Waals surface area (Å²) in [6.45, 7) is -0.0846. The van der Waals surface area contributed by atoms with Gasteiger partial charge in [0.05, 0.1) is 31.3 Å². The lowest BCUT2D eigenvalue weighted by Gasteiger charge is -2.20. The highest BCUT2D eigenvalue weighted by atomic mass is 32.2. The van der Waals surface area contributed by atoms with E-state index in [1.165, 1.54) is 22.8 Å². The Kier molecular flexibility index (Phi) is 7.84. The number of nitrogens with zero attached hydrogens (tertiary/aromatic N) is 2. The van der Waals surface area contributed by atoms with Gasteiger partial charge in [0.15, 0.2) is 5.13 Å². The van der Waals surface area contributed by atoms with Gasteiger partial charge in [-0.2, -0.15) is 4.31 Å². The molecule has 0 saturated carbocycles. The van der Waals surface area contributed by atoms with Gasteiger partial charge in [-0.1, -0.05) is 30.3 Å². The Hall–Kier alpha value is -2.95. The maximum Gasteiger partial charge on any atom is 0.239 e. The summed E-state index contributed by atoms with van der Waals surface area (Å²) in [5.41, 5.74) is 3.02. The first-order valence-electron chi connectivity index (χ1n) is 9.90. The number of amides is 1. The molecule has 1 amide bonds. The number of aromatic nitrogens is 1. The molecule has 2 N–H and O–H groups in total. The summed E-state index contributed by atoms with van der Waals surface area (Å²) in [4.78, 5) is 17.2. The smallest absolute Gasteiger partial charge is 0.239 e. The van der Waals surface area contributed by atoms with E-state index in [9.17, 15) is 13.2 Å². The molecule has 0 unspecified atom stereocenters. The van der Waals surface area contributed by atoms with Crippen molar-refractivity contribution < 1.29 is 17.9 Å². The zero-order valence-corrected chi connectivity index (χ0v) is 19.8. The van der Waals surface area contributed by atoms with Gasteiger partial charge in [-0.05, 0) is 30.2 Å². The van der Waals surface area contributed by atoms with Crippen LogP contribution in [0.5, 0.6) is 5.75 Å². The van der Waals surface area contributed by atoms with Crippen LogP contribution in [0.15, 0.2) is 53.9 Å². The van der Waals surface area contributed by atoms with E-state index in [0.717, 1.165) is 28.2 Å². The fourth-order valence-electron chi connectivity index (χ4n) is 3.10. The van der Waals surface area contributed by atoms with Crippen molar-refractivity contribution in [3.05, 3.63) is 59.5 Å². The van der Waals surface area contributed by atoms with Crippen molar-refractivity contribution in [3.8, 4) is 17.0 Å². The van der Waals surface area contributed by atoms with Crippen LogP contribution in [0.2, 0.25) is 0 Å². The van der Waals surface area contributed by atoms with Gasteiger partial charge in [-0.25, -0.2) is 13.4 Å². The highest BCUT2D eigenvalue weighted by Gasteiger charge is 2.21. The Morgan fingerprint density at radius 2 is 1.94 bits per heavy atom. The Balaban J connectivity index is 1.74. The van der Waals surface area contributed by atoms with E-state index in [0.29, 0.717) is 17.9 Å². The molecule has 3 aromatic rings. The molecule has 8 nitrogen and oxygen atoms in total. The SMILES string of the molecule is CNc1nc(-c2ccc(OC)c(NC(=O)CN(CCc3ccccc3)S(C)(=O)=O)c2)cs1. The third kappa shape index (κ3) is 6.28. The van der Waals surface area contributed by atoms with Crippen LogP contribution in [0.1, 0.15) is 5.56 Å². The van der Waals surface area contributed by atoms with Crippen molar-refractivity contribution in [1.82, 2.24) is 9.29 Å². The summed E-state index contributed by atoms with van der Waals surface area (Å²) >= 11 is 1.47. The Labute approximate surface area is 192 Å². The lowest BCUT2D eigenvalue weighted by atomic mass is 10.1. The van der Waals surface area contributed by atoms with Crippen molar-refractivity contribution in [2.45, 2.75) is 6.42 Å². The van der Waals surface area contributed by atoms with Crippen LogP contribution in [0, 0.1) is 0 Å². The van der Waals surface area contributed by atoms with Crippen molar-refractivity contribution >= 4 is 38.1 Å². The number of hydrogen-bond donors (Lipinski definition) is 2. The molecule has 0 aliphatic rings. The molecule has 1 aromatic heterocycles. The quantitative estimate of drug-likeness (QED) is 0.468. The number of rotatable bonds is 10. The van der Waals surface area contributed by atoms with Gasteiger partial charge in [-0.3, -0.25) is 4.79 Å². The molecule has 0 fully saturated rings. The van der Waals surface area contributed by atoms with Crippen molar-refractivity contribution in [2.24, 2.45) is 0 Å². The molecule has 32 heavy (non-hydrogen) atoms. The van der Waals surface area contributed by atoms with Gasteiger partial charge in [-0.15, -0.1) is 11.3 Å². The van der Waals surface area contributed by atoms with E-state index in [1.807, 2.05) is 41.8 Å². The van der Waals surface area contributed by atoms with E-state index < -0.39 is 15.9 Å². The second-order valence-electron chi connectivity index (χ2n) is 7.08. The Morgan fingerprint density at radius 1 is 1.19 bits per heavy atom. The number of anilines is 2. The third-order valence-corrected chi connectivity index (χ3v) is 6.88. The fraction of sp³-hybridized carbons (Fsp3) is 0.273. The summed E-state index contributed by atoms with van der Waals surface area (Å²) in [5.74, 6) is 0.0227. The third-order valence-electron chi connectivity index (χ3n) is 4.77. The molecule has 3 rings (SSSR count). The molecular formula is C22H26N4O4S2. The Morgan fingerprint density at radius 3 is 2.56 bits per heavy atom. The highest BCUT2D eigenvalue weighted by Crippen LogP contribution is 2.32. The molecule has 170 valence electrons. The van der Waals surface area contributed by atoms with Gasteiger partial charge in [0.25, 0.3) is 0 Å². The normalized spacial score (nSPS) is 11.4. The number of hydrogen-bond acceptors (Lipinski definition) is 7. The zero-order valence-electron chi connectivity index (χ0n) is 18.2. The summed E-state index contributed by atoms with van der Waals surface area (Å²) in [7, 11) is -0.255. The van der Waals surface area contributed by atoms with Crippen LogP contribution in [0.4, 0.5) is 10.8 Å². The largest absolute Gasteiger partial charge is 0.495 e. The van der Waals surface area contributed by atoms with Crippen LogP contribution >= 0.6 is 11.3 Å². The first-order valence-corrected chi connectivity index (χ1v) is 12.6. The number of sulfonamides is 1. The lowest BCUT2D eigenvalue weighted by Crippen LogP contribution is -2.38. The van der Waals surface area contributed by atoms with E-state index in [1.54, 1.807) is 19.2 Å². The maximum absolute atomic E-state index is 12.8. The monoisotopic (exact) mass is 474 g/mol. The molecule has 0 saturated heterocycles. The van der Waals surface area contributed by atoms with E-state index >= 15 is 0 Å². The van der Waals surface area contributed by atoms with Crippen LogP contribution in [0.3, 0.4) is 0 Å². The summed E-state index contributed by atoms with van der Waals surface area (Å²) in [6.07, 6.45) is 1.62. The molecule has 1 heterocycles. The van der Waals surface area contributed by atoms with Crippen LogP contribution < -0.4 is 15.4 Å². The predicted octanol–water partition coefficient (Wildman–Crippen LogP) is 3.30. The van der Waals surface area contributed by atoms with Gasteiger partial charge >= 0.3 is 0 Å². The molecule has 2 aromatic carbocycles. The van der Waals surface area contributed by atoms with Crippen LogP contribution in [0.25, 0.3) is 11.3 Å². The highest BCUT2D eigenvalue weighted by molar-refractivity contribution is 7.88. The molecule has 0 atom stereocenters. The average Bonchev–Trinajstić information content (AvgIpc) is 3.26. The number of carbonyl (C=O) groups excluding carboxylic acids is 1. The van der Waals surface area contributed by atoms with Crippen molar-refractivity contribution in [3.63, 3.8) is 0 Å². The first kappa shape index (κ1) is 23.7. The molecule has 0 radical (unpaired) electrons. The Bertz CT molecular complexity index is 1160. The van der Waals surface area contributed by atoms with Crippen molar-refractivity contribution in [2.75, 3.05) is 44.1 Å². The molecule has 10 heteroatoms. The summed E-state index contributed by atoms with van der Waals surface area (Å²) in [5, 5.41) is 8.47. The average molecular weight is 475 g/mol. The molecular weight excluding hydrogens is 448 g/mol. The minimum absolute atomic E-state index is 0.207. The number of methoxy groups -OCH3 is 1. The summed E-state index contributed by atoms with van der Waals surface area (Å²) in [6, 6.07) is 14.9. The van der Waals surface area contributed by atoms with E-state index in [-0.39, 0.29) is 13.1 Å². The minimum Gasteiger partial charge on any atom is -0.495 e. The molecule has 0 aliphatic heterocycles. The molecule has 0 bridgehead atoms. The van der Waals surface area contributed by atoms with E-state index in [4.69, 9.17) is 4.74 Å². The zero-order chi connectivity index (χ0) is 23.1. The van der Waals surface area contributed by atoms with Crippen LogP contribution in [-0.2, 0) is 21.2 Å². The second kappa shape index (κ2) is 10.6. The van der Waals surface area contributed by atoms with Crippen LogP contribution in [-0.4, -0.2) is 57.1 Å².